The van der Waals surface area contributed by atoms with Gasteiger partial charge in [0.25, 0.3) is 0 Å². The monoisotopic (exact) mass is 425 g/mol. The predicted octanol–water partition coefficient (Wildman–Crippen LogP) is 4.43. The third kappa shape index (κ3) is 6.59. The lowest BCUT2D eigenvalue weighted by Crippen LogP contribution is -2.15. The highest BCUT2D eigenvalue weighted by Crippen LogP contribution is 2.37. The number of hydrogen-bond donors (Lipinski definition) is 2. The third-order valence-electron chi connectivity index (χ3n) is 3.93. The highest BCUT2D eigenvalue weighted by molar-refractivity contribution is 9.10. The fraction of sp³-hybridized carbons (Fsp3) is 0.400. The summed E-state index contributed by atoms with van der Waals surface area (Å²) in [6.07, 6.45) is 2.91. The highest BCUT2D eigenvalue weighted by atomic mass is 79.9. The molecule has 0 heterocycles. The van der Waals surface area contributed by atoms with Crippen molar-refractivity contribution in [3.63, 3.8) is 0 Å². The van der Waals surface area contributed by atoms with E-state index in [1.807, 2.05) is 12.1 Å². The van der Waals surface area contributed by atoms with E-state index in [1.165, 1.54) is 12.1 Å². The fourth-order valence-electron chi connectivity index (χ4n) is 2.52. The van der Waals surface area contributed by atoms with Gasteiger partial charge >= 0.3 is 0 Å². The molecule has 4 nitrogen and oxygen atoms in total. The lowest BCUT2D eigenvalue weighted by molar-refractivity contribution is 0.282. The van der Waals surface area contributed by atoms with Crippen molar-refractivity contribution in [2.75, 3.05) is 20.3 Å². The van der Waals surface area contributed by atoms with Gasteiger partial charge in [0.2, 0.25) is 0 Å². The Bertz CT molecular complexity index is 680. The van der Waals surface area contributed by atoms with Crippen LogP contribution in [0.15, 0.2) is 40.9 Å². The van der Waals surface area contributed by atoms with E-state index in [1.54, 1.807) is 19.2 Å². The third-order valence-corrected chi connectivity index (χ3v) is 4.52. The Morgan fingerprint density at radius 2 is 1.85 bits per heavy atom. The second-order valence-electron chi connectivity index (χ2n) is 5.99. The molecular weight excluding hydrogens is 401 g/mol. The van der Waals surface area contributed by atoms with Crippen molar-refractivity contribution in [1.29, 1.82) is 0 Å². The lowest BCUT2D eigenvalue weighted by Gasteiger charge is -2.15. The van der Waals surface area contributed by atoms with Gasteiger partial charge in [-0.25, -0.2) is 4.39 Å². The number of nitrogens with one attached hydrogen (secondary N) is 1. The second-order valence-corrected chi connectivity index (χ2v) is 6.84. The fourth-order valence-corrected chi connectivity index (χ4v) is 3.13. The van der Waals surface area contributed by atoms with Crippen molar-refractivity contribution in [2.24, 2.45) is 0 Å². The first-order chi connectivity index (χ1) is 12.6. The summed E-state index contributed by atoms with van der Waals surface area (Å²) in [4.78, 5) is 0. The van der Waals surface area contributed by atoms with Crippen LogP contribution in [0.3, 0.4) is 0 Å². The predicted molar refractivity (Wildman–Crippen MR) is 104 cm³/mol. The standard InChI is InChI=1S/C20H25BrFNO3/c1-25-19-12-16(13-23-9-3-2-4-10-24)11-18(21)20(19)26-14-15-5-7-17(22)8-6-15/h5-8,11-12,23-24H,2-4,9-10,13-14H2,1H3. The average molecular weight is 426 g/mol. The summed E-state index contributed by atoms with van der Waals surface area (Å²) >= 11 is 3.55. The summed E-state index contributed by atoms with van der Waals surface area (Å²) in [5.74, 6) is 1.02. The Kier molecular flexibility index (Phi) is 8.88. The van der Waals surface area contributed by atoms with E-state index in [4.69, 9.17) is 14.6 Å². The van der Waals surface area contributed by atoms with E-state index >= 15 is 0 Å². The van der Waals surface area contributed by atoms with Gasteiger partial charge in [0.1, 0.15) is 12.4 Å². The summed E-state index contributed by atoms with van der Waals surface area (Å²) in [6.45, 7) is 2.22. The first-order valence-electron chi connectivity index (χ1n) is 8.69. The molecule has 0 spiro atoms. The van der Waals surface area contributed by atoms with Crippen LogP contribution in [0.1, 0.15) is 30.4 Å². The van der Waals surface area contributed by atoms with Gasteiger partial charge < -0.3 is 19.9 Å². The molecular formula is C20H25BrFNO3. The van der Waals surface area contributed by atoms with Gasteiger partial charge in [-0.15, -0.1) is 0 Å². The Morgan fingerprint density at radius 1 is 1.08 bits per heavy atom. The van der Waals surface area contributed by atoms with E-state index < -0.39 is 0 Å². The summed E-state index contributed by atoms with van der Waals surface area (Å²) in [5.41, 5.74) is 1.97. The molecule has 0 aromatic heterocycles. The van der Waals surface area contributed by atoms with E-state index in [2.05, 4.69) is 21.2 Å². The van der Waals surface area contributed by atoms with E-state index in [0.29, 0.717) is 18.1 Å². The maximum Gasteiger partial charge on any atom is 0.175 e. The number of benzene rings is 2. The van der Waals surface area contributed by atoms with Gasteiger partial charge in [0, 0.05) is 13.2 Å². The molecule has 0 saturated heterocycles. The van der Waals surface area contributed by atoms with Crippen LogP contribution >= 0.6 is 15.9 Å². The molecule has 0 radical (unpaired) electrons. The minimum atomic E-state index is -0.263. The number of unbranched alkanes of at least 4 members (excludes halogenated alkanes) is 2. The van der Waals surface area contributed by atoms with E-state index in [9.17, 15) is 4.39 Å². The molecule has 2 aromatic rings. The first kappa shape index (κ1) is 20.7. The smallest absolute Gasteiger partial charge is 0.175 e. The SMILES string of the molecule is COc1cc(CNCCCCCO)cc(Br)c1OCc1ccc(F)cc1. The molecule has 142 valence electrons. The van der Waals surface area contributed by atoms with Crippen LogP contribution in [-0.4, -0.2) is 25.4 Å². The molecule has 6 heteroatoms. The molecule has 2 rings (SSSR count). The highest BCUT2D eigenvalue weighted by Gasteiger charge is 2.12. The normalized spacial score (nSPS) is 10.8. The molecule has 0 aliphatic carbocycles. The number of halogens is 2. The van der Waals surface area contributed by atoms with Crippen LogP contribution in [0.5, 0.6) is 11.5 Å². The molecule has 0 atom stereocenters. The molecule has 0 amide bonds. The van der Waals surface area contributed by atoms with Crippen LogP contribution in [0.25, 0.3) is 0 Å². The van der Waals surface area contributed by atoms with E-state index in [0.717, 1.165) is 48.0 Å². The molecule has 0 fully saturated rings. The molecule has 0 aliphatic rings. The van der Waals surface area contributed by atoms with Crippen LogP contribution < -0.4 is 14.8 Å². The molecule has 0 bridgehead atoms. The Balaban J connectivity index is 1.94. The molecule has 26 heavy (non-hydrogen) atoms. The van der Waals surface area contributed by atoms with Crippen molar-refractivity contribution >= 4 is 15.9 Å². The summed E-state index contributed by atoms with van der Waals surface area (Å²) < 4.78 is 25.1. The van der Waals surface area contributed by atoms with Gasteiger partial charge in [-0.05, 0) is 77.1 Å². The molecule has 0 saturated carbocycles. The van der Waals surface area contributed by atoms with Crippen molar-refractivity contribution in [2.45, 2.75) is 32.4 Å². The van der Waals surface area contributed by atoms with Crippen molar-refractivity contribution < 1.29 is 19.0 Å². The van der Waals surface area contributed by atoms with Crippen molar-refractivity contribution in [3.8, 4) is 11.5 Å². The second kappa shape index (κ2) is 11.2. The van der Waals surface area contributed by atoms with Gasteiger partial charge in [-0.3, -0.25) is 0 Å². The zero-order valence-electron chi connectivity index (χ0n) is 14.9. The zero-order chi connectivity index (χ0) is 18.8. The largest absolute Gasteiger partial charge is 0.493 e. The minimum Gasteiger partial charge on any atom is -0.493 e. The Labute approximate surface area is 162 Å². The first-order valence-corrected chi connectivity index (χ1v) is 9.48. The molecule has 0 aliphatic heterocycles. The Morgan fingerprint density at radius 3 is 2.54 bits per heavy atom. The van der Waals surface area contributed by atoms with Gasteiger partial charge in [0.05, 0.1) is 11.6 Å². The lowest BCUT2D eigenvalue weighted by atomic mass is 10.2. The van der Waals surface area contributed by atoms with Gasteiger partial charge in [-0.2, -0.15) is 0 Å². The Hall–Kier alpha value is -1.63. The number of aliphatic hydroxyl groups excluding tert-OH is 1. The summed E-state index contributed by atoms with van der Waals surface area (Å²) in [7, 11) is 1.61. The zero-order valence-corrected chi connectivity index (χ0v) is 16.5. The van der Waals surface area contributed by atoms with Crippen molar-refractivity contribution in [1.82, 2.24) is 5.32 Å². The van der Waals surface area contributed by atoms with Crippen LogP contribution in [-0.2, 0) is 13.2 Å². The summed E-state index contributed by atoms with van der Waals surface area (Å²) in [5, 5.41) is 12.2. The minimum absolute atomic E-state index is 0.254. The van der Waals surface area contributed by atoms with Crippen LogP contribution in [0.2, 0.25) is 0 Å². The van der Waals surface area contributed by atoms with Crippen molar-refractivity contribution in [3.05, 3.63) is 57.8 Å². The number of rotatable bonds is 11. The average Bonchev–Trinajstić information content (AvgIpc) is 2.64. The van der Waals surface area contributed by atoms with Gasteiger partial charge in [0.15, 0.2) is 11.5 Å². The summed E-state index contributed by atoms with van der Waals surface area (Å²) in [6, 6.07) is 10.2. The van der Waals surface area contributed by atoms with E-state index in [-0.39, 0.29) is 12.4 Å². The quantitative estimate of drug-likeness (QED) is 0.522. The molecule has 2 aromatic carbocycles. The molecule has 2 N–H and O–H groups in total. The van der Waals surface area contributed by atoms with Gasteiger partial charge in [-0.1, -0.05) is 12.1 Å². The molecule has 0 unspecified atom stereocenters. The number of methoxy groups -OCH3 is 1. The topological polar surface area (TPSA) is 50.7 Å². The van der Waals surface area contributed by atoms with Crippen LogP contribution in [0, 0.1) is 5.82 Å². The van der Waals surface area contributed by atoms with Crippen LogP contribution in [0.4, 0.5) is 4.39 Å². The maximum atomic E-state index is 13.0. The number of aliphatic hydroxyl groups is 1. The number of hydrogen-bond acceptors (Lipinski definition) is 4. The number of ether oxygens (including phenoxy) is 2. The maximum absolute atomic E-state index is 13.0.